The first-order chi connectivity index (χ1) is 10.8. The van der Waals surface area contributed by atoms with E-state index in [0.29, 0.717) is 24.5 Å². The summed E-state index contributed by atoms with van der Waals surface area (Å²) in [5, 5.41) is 2.96. The molecule has 0 aliphatic carbocycles. The number of carbonyl (C=O) groups is 1. The molecule has 0 bridgehead atoms. The minimum absolute atomic E-state index is 0.0161. The van der Waals surface area contributed by atoms with Gasteiger partial charge in [-0.25, -0.2) is 4.98 Å². The third-order valence-electron chi connectivity index (χ3n) is 3.38. The molecule has 0 saturated heterocycles. The average molecular weight is 295 g/mol. The van der Waals surface area contributed by atoms with Crippen LogP contribution in [-0.4, -0.2) is 35.9 Å². The molecule has 0 unspecified atom stereocenters. The van der Waals surface area contributed by atoms with Gasteiger partial charge in [-0.15, -0.1) is 0 Å². The van der Waals surface area contributed by atoms with Gasteiger partial charge >= 0.3 is 0 Å². The fourth-order valence-electron chi connectivity index (χ4n) is 2.18. The Labute approximate surface area is 131 Å². The Bertz CT molecular complexity index is 638. The van der Waals surface area contributed by atoms with E-state index in [1.54, 1.807) is 30.3 Å². The molecule has 0 atom stereocenters. The van der Waals surface area contributed by atoms with Crippen LogP contribution in [-0.2, 0) is 0 Å². The number of hydrogen-bond acceptors (Lipinski definition) is 3. The van der Waals surface area contributed by atoms with E-state index in [0.717, 1.165) is 5.56 Å². The molecule has 0 saturated carbocycles. The van der Waals surface area contributed by atoms with Crippen molar-refractivity contribution in [2.75, 3.05) is 25.5 Å². The van der Waals surface area contributed by atoms with E-state index < -0.39 is 0 Å². The van der Waals surface area contributed by atoms with Crippen LogP contribution in [0.4, 0.5) is 5.82 Å². The van der Waals surface area contributed by atoms with E-state index in [1.807, 2.05) is 49.4 Å². The molecule has 0 radical (unpaired) electrons. The number of nitrogens with zero attached hydrogens (tertiary/aromatic N) is 2. The fraction of sp³-hybridized carbons (Fsp3) is 0.222. The first-order valence-corrected chi connectivity index (χ1v) is 7.40. The summed E-state index contributed by atoms with van der Waals surface area (Å²) in [4.78, 5) is 18.6. The highest BCUT2D eigenvalue weighted by atomic mass is 16.2. The number of rotatable bonds is 6. The molecule has 22 heavy (non-hydrogen) atoms. The fourth-order valence-corrected chi connectivity index (χ4v) is 2.18. The minimum atomic E-state index is -0.0161. The average Bonchev–Trinajstić information content (AvgIpc) is 2.59. The molecule has 0 aliphatic rings. The number of carbonyl (C=O) groups excluding carboxylic acids is 1. The Morgan fingerprint density at radius 1 is 1.23 bits per heavy atom. The van der Waals surface area contributed by atoms with Crippen molar-refractivity contribution in [1.29, 1.82) is 0 Å². The second kappa shape index (κ2) is 7.98. The number of pyridine rings is 1. The molecule has 1 N–H and O–H groups in total. The summed E-state index contributed by atoms with van der Waals surface area (Å²) in [6, 6.07) is 13.6. The summed E-state index contributed by atoms with van der Waals surface area (Å²) in [5.41, 5.74) is 1.73. The van der Waals surface area contributed by atoms with E-state index in [9.17, 15) is 4.79 Å². The van der Waals surface area contributed by atoms with Crippen molar-refractivity contribution in [1.82, 2.24) is 9.88 Å². The Hall–Kier alpha value is -2.62. The first-order valence-electron chi connectivity index (χ1n) is 7.40. The van der Waals surface area contributed by atoms with Gasteiger partial charge in [0.2, 0.25) is 0 Å². The molecular formula is C18H21N3O. The highest BCUT2D eigenvalue weighted by Gasteiger charge is 2.16. The SMILES string of the molecule is CCN(CC=Cc1ccccc1)C(=O)c1cccnc1NC. The molecule has 0 aliphatic heterocycles. The van der Waals surface area contributed by atoms with Gasteiger partial charge in [0.05, 0.1) is 5.56 Å². The molecule has 2 aromatic rings. The highest BCUT2D eigenvalue weighted by Crippen LogP contribution is 2.13. The van der Waals surface area contributed by atoms with Crippen LogP contribution in [0.15, 0.2) is 54.7 Å². The number of aromatic nitrogens is 1. The number of nitrogens with one attached hydrogen (secondary N) is 1. The van der Waals surface area contributed by atoms with Crippen molar-refractivity contribution < 1.29 is 4.79 Å². The van der Waals surface area contributed by atoms with Gasteiger partial charge in [0.15, 0.2) is 0 Å². The second-order valence-corrected chi connectivity index (χ2v) is 4.81. The van der Waals surface area contributed by atoms with Gasteiger partial charge in [0.25, 0.3) is 5.91 Å². The predicted molar refractivity (Wildman–Crippen MR) is 90.8 cm³/mol. The lowest BCUT2D eigenvalue weighted by Gasteiger charge is -2.20. The molecule has 0 spiro atoms. The lowest BCUT2D eigenvalue weighted by Crippen LogP contribution is -2.31. The zero-order chi connectivity index (χ0) is 15.8. The summed E-state index contributed by atoms with van der Waals surface area (Å²) >= 11 is 0. The topological polar surface area (TPSA) is 45.2 Å². The summed E-state index contributed by atoms with van der Waals surface area (Å²) in [6.45, 7) is 3.20. The van der Waals surface area contributed by atoms with Gasteiger partial charge in [-0.2, -0.15) is 0 Å². The Balaban J connectivity index is 2.08. The zero-order valence-electron chi connectivity index (χ0n) is 13.0. The number of benzene rings is 1. The normalized spacial score (nSPS) is 10.6. The van der Waals surface area contributed by atoms with E-state index >= 15 is 0 Å². The molecule has 1 aromatic heterocycles. The van der Waals surface area contributed by atoms with Crippen LogP contribution in [0.25, 0.3) is 6.08 Å². The van der Waals surface area contributed by atoms with Gasteiger partial charge in [-0.3, -0.25) is 4.79 Å². The van der Waals surface area contributed by atoms with Crippen molar-refractivity contribution in [3.63, 3.8) is 0 Å². The molecule has 114 valence electrons. The van der Waals surface area contributed by atoms with Gasteiger partial charge in [0, 0.05) is 26.3 Å². The van der Waals surface area contributed by atoms with E-state index in [-0.39, 0.29) is 5.91 Å². The number of amides is 1. The van der Waals surface area contributed by atoms with Gasteiger partial charge in [0.1, 0.15) is 5.82 Å². The van der Waals surface area contributed by atoms with Crippen LogP contribution in [0.2, 0.25) is 0 Å². The third kappa shape index (κ3) is 3.95. The van der Waals surface area contributed by atoms with Crippen molar-refractivity contribution in [3.8, 4) is 0 Å². The Morgan fingerprint density at radius 2 is 2.00 bits per heavy atom. The summed E-state index contributed by atoms with van der Waals surface area (Å²) < 4.78 is 0. The van der Waals surface area contributed by atoms with Crippen LogP contribution in [0.1, 0.15) is 22.8 Å². The minimum Gasteiger partial charge on any atom is -0.372 e. The predicted octanol–water partition coefficient (Wildman–Crippen LogP) is 3.30. The van der Waals surface area contributed by atoms with E-state index in [2.05, 4.69) is 10.3 Å². The van der Waals surface area contributed by atoms with Gasteiger partial charge in [-0.1, -0.05) is 42.5 Å². The maximum atomic E-state index is 12.6. The molecule has 1 heterocycles. The van der Waals surface area contributed by atoms with Crippen LogP contribution >= 0.6 is 0 Å². The summed E-state index contributed by atoms with van der Waals surface area (Å²) in [6.07, 6.45) is 5.71. The highest BCUT2D eigenvalue weighted by molar-refractivity contribution is 5.98. The third-order valence-corrected chi connectivity index (χ3v) is 3.38. The lowest BCUT2D eigenvalue weighted by atomic mass is 10.2. The molecule has 4 heteroatoms. The molecular weight excluding hydrogens is 274 g/mol. The lowest BCUT2D eigenvalue weighted by molar-refractivity contribution is 0.0783. The van der Waals surface area contributed by atoms with Crippen LogP contribution in [0.3, 0.4) is 0 Å². The number of anilines is 1. The standard InChI is InChI=1S/C18H21N3O/c1-3-21(14-8-11-15-9-5-4-6-10-15)18(22)16-12-7-13-20-17(16)19-2/h4-13H,3,14H2,1-2H3,(H,19,20). The van der Waals surface area contributed by atoms with E-state index in [4.69, 9.17) is 0 Å². The van der Waals surface area contributed by atoms with Gasteiger partial charge < -0.3 is 10.2 Å². The molecule has 1 aromatic carbocycles. The van der Waals surface area contributed by atoms with Crippen molar-refractivity contribution >= 4 is 17.8 Å². The maximum absolute atomic E-state index is 12.6. The maximum Gasteiger partial charge on any atom is 0.257 e. The van der Waals surface area contributed by atoms with Crippen molar-refractivity contribution in [2.45, 2.75) is 6.92 Å². The monoisotopic (exact) mass is 295 g/mol. The number of hydrogen-bond donors (Lipinski definition) is 1. The summed E-state index contributed by atoms with van der Waals surface area (Å²) in [7, 11) is 1.77. The zero-order valence-corrected chi connectivity index (χ0v) is 13.0. The van der Waals surface area contributed by atoms with Crippen molar-refractivity contribution in [2.24, 2.45) is 0 Å². The second-order valence-electron chi connectivity index (χ2n) is 4.81. The van der Waals surface area contributed by atoms with Crippen molar-refractivity contribution in [3.05, 3.63) is 65.9 Å². The van der Waals surface area contributed by atoms with Crippen LogP contribution < -0.4 is 5.32 Å². The largest absolute Gasteiger partial charge is 0.372 e. The molecule has 4 nitrogen and oxygen atoms in total. The number of likely N-dealkylation sites (N-methyl/N-ethyl adjacent to an activating group) is 1. The molecule has 1 amide bonds. The molecule has 2 rings (SSSR count). The first kappa shape index (κ1) is 15.8. The van der Waals surface area contributed by atoms with E-state index in [1.165, 1.54) is 0 Å². The van der Waals surface area contributed by atoms with Crippen LogP contribution in [0, 0.1) is 0 Å². The smallest absolute Gasteiger partial charge is 0.257 e. The molecule has 0 fully saturated rings. The van der Waals surface area contributed by atoms with Gasteiger partial charge in [-0.05, 0) is 24.6 Å². The van der Waals surface area contributed by atoms with Crippen LogP contribution in [0.5, 0.6) is 0 Å². The quantitative estimate of drug-likeness (QED) is 0.889. The Morgan fingerprint density at radius 3 is 2.68 bits per heavy atom. The summed E-state index contributed by atoms with van der Waals surface area (Å²) in [5.74, 6) is 0.593. The Kier molecular flexibility index (Phi) is 5.72.